The second kappa shape index (κ2) is 12.0. The number of nitrogens with one attached hydrogen (secondary N) is 1. The summed E-state index contributed by atoms with van der Waals surface area (Å²) in [7, 11) is 0. The highest BCUT2D eigenvalue weighted by Gasteiger charge is 2.31. The summed E-state index contributed by atoms with van der Waals surface area (Å²) in [5, 5.41) is 1.86. The lowest BCUT2D eigenvalue weighted by atomic mass is 10.1. The second-order valence-corrected chi connectivity index (χ2v) is 9.39. The maximum atomic E-state index is 14.4. The van der Waals surface area contributed by atoms with E-state index in [0.29, 0.717) is 17.2 Å². The van der Waals surface area contributed by atoms with Crippen molar-refractivity contribution < 1.29 is 33.0 Å². The maximum Gasteiger partial charge on any atom is 0.340 e. The largest absolute Gasteiger partial charge is 0.491 e. The van der Waals surface area contributed by atoms with E-state index in [4.69, 9.17) is 25.8 Å². The molecular weight excluding hydrogens is 509 g/mol. The Bertz CT molecular complexity index is 1260. The summed E-state index contributed by atoms with van der Waals surface area (Å²) in [6.07, 6.45) is -0.454. The van der Waals surface area contributed by atoms with Crippen molar-refractivity contribution in [3.63, 3.8) is 0 Å². The number of hydrogen-bond donors (Lipinski definition) is 1. The van der Waals surface area contributed by atoms with Crippen molar-refractivity contribution in [3.8, 4) is 5.75 Å². The van der Waals surface area contributed by atoms with Gasteiger partial charge in [-0.3, -0.25) is 14.9 Å². The molecule has 0 aromatic heterocycles. The van der Waals surface area contributed by atoms with Crippen LogP contribution in [-0.2, 0) is 20.7 Å². The van der Waals surface area contributed by atoms with Crippen LogP contribution in [0.2, 0.25) is 5.02 Å². The third kappa shape index (κ3) is 6.84. The van der Waals surface area contributed by atoms with E-state index < -0.39 is 29.9 Å². The third-order valence-corrected chi connectivity index (χ3v) is 6.50. The van der Waals surface area contributed by atoms with Crippen molar-refractivity contribution in [3.05, 3.63) is 100 Å². The highest BCUT2D eigenvalue weighted by Crippen LogP contribution is 2.26. The Hall–Kier alpha value is -3.40. The molecule has 0 radical (unpaired) electrons. The molecule has 0 bridgehead atoms. The lowest BCUT2D eigenvalue weighted by Gasteiger charge is -2.19. The highest BCUT2D eigenvalue weighted by molar-refractivity contribution is 8.15. The van der Waals surface area contributed by atoms with Crippen molar-refractivity contribution in [2.75, 3.05) is 13.4 Å². The molecule has 0 spiro atoms. The summed E-state index contributed by atoms with van der Waals surface area (Å²) in [4.78, 5) is 35.3. The topological polar surface area (TPSA) is 90.9 Å². The van der Waals surface area contributed by atoms with E-state index in [1.165, 1.54) is 12.1 Å². The SMILES string of the molecule is O=C1NC(=O)C(Cc2ccc(OCC(OCOC(=O)c3cccc(Cl)c3)c3ccccc3F)cc2)S1. The molecule has 1 aliphatic heterocycles. The van der Waals surface area contributed by atoms with Gasteiger partial charge in [0.2, 0.25) is 5.91 Å². The van der Waals surface area contributed by atoms with Gasteiger partial charge >= 0.3 is 5.97 Å². The molecule has 7 nitrogen and oxygen atoms in total. The summed E-state index contributed by atoms with van der Waals surface area (Å²) in [5.41, 5.74) is 1.38. The first-order valence-corrected chi connectivity index (χ1v) is 12.2. The van der Waals surface area contributed by atoms with E-state index in [1.807, 2.05) is 0 Å². The van der Waals surface area contributed by atoms with Crippen LogP contribution in [0.25, 0.3) is 0 Å². The number of halogens is 2. The number of hydrogen-bond acceptors (Lipinski definition) is 7. The van der Waals surface area contributed by atoms with Gasteiger partial charge in [-0.15, -0.1) is 0 Å². The predicted octanol–water partition coefficient (Wildman–Crippen LogP) is 5.32. The molecule has 4 rings (SSSR count). The normalized spacial score (nSPS) is 15.9. The van der Waals surface area contributed by atoms with Gasteiger partial charge in [0, 0.05) is 10.6 Å². The molecule has 36 heavy (non-hydrogen) atoms. The summed E-state index contributed by atoms with van der Waals surface area (Å²) in [6, 6.07) is 19.4. The van der Waals surface area contributed by atoms with Crippen LogP contribution in [0.15, 0.2) is 72.8 Å². The first kappa shape index (κ1) is 25.7. The number of carbonyl (C=O) groups is 3. The van der Waals surface area contributed by atoms with E-state index in [-0.39, 0.29) is 28.9 Å². The Kier molecular flexibility index (Phi) is 8.58. The average molecular weight is 530 g/mol. The van der Waals surface area contributed by atoms with Gasteiger partial charge in [0.05, 0.1) is 10.8 Å². The standard InChI is InChI=1S/C26H21ClFNO6S/c27-18-5-3-4-17(13-18)25(31)35-15-34-22(20-6-1-2-7-21(20)28)14-33-19-10-8-16(9-11-19)12-23-24(30)29-26(32)36-23/h1-11,13,22-23H,12,14-15H2,(H,29,30,32). The van der Waals surface area contributed by atoms with Crippen molar-refractivity contribution in [1.29, 1.82) is 0 Å². The summed E-state index contributed by atoms with van der Waals surface area (Å²) in [6.45, 7) is -0.475. The highest BCUT2D eigenvalue weighted by atomic mass is 35.5. The number of rotatable bonds is 10. The van der Waals surface area contributed by atoms with Crippen LogP contribution in [0.1, 0.15) is 27.6 Å². The lowest BCUT2D eigenvalue weighted by Crippen LogP contribution is -2.25. The van der Waals surface area contributed by atoms with Crippen LogP contribution in [0.3, 0.4) is 0 Å². The van der Waals surface area contributed by atoms with Crippen molar-refractivity contribution in [2.45, 2.75) is 17.8 Å². The van der Waals surface area contributed by atoms with Gasteiger partial charge in [-0.1, -0.05) is 59.8 Å². The van der Waals surface area contributed by atoms with Gasteiger partial charge in [0.15, 0.2) is 6.79 Å². The number of esters is 1. The quantitative estimate of drug-likeness (QED) is 0.280. The zero-order valence-electron chi connectivity index (χ0n) is 18.8. The molecule has 1 N–H and O–H groups in total. The van der Waals surface area contributed by atoms with E-state index in [1.54, 1.807) is 60.7 Å². The first-order chi connectivity index (χ1) is 17.4. The Morgan fingerprint density at radius 1 is 1.06 bits per heavy atom. The summed E-state index contributed by atoms with van der Waals surface area (Å²) in [5.74, 6) is -0.910. The average Bonchev–Trinajstić information content (AvgIpc) is 3.18. The van der Waals surface area contributed by atoms with Crippen LogP contribution < -0.4 is 10.1 Å². The van der Waals surface area contributed by atoms with Gasteiger partial charge < -0.3 is 14.2 Å². The monoisotopic (exact) mass is 529 g/mol. The van der Waals surface area contributed by atoms with Gasteiger partial charge in [-0.25, -0.2) is 9.18 Å². The fourth-order valence-corrected chi connectivity index (χ4v) is 4.52. The van der Waals surface area contributed by atoms with Gasteiger partial charge in [-0.05, 0) is 48.4 Å². The minimum Gasteiger partial charge on any atom is -0.491 e. The molecule has 2 unspecified atom stereocenters. The Labute approximate surface area is 215 Å². The molecule has 186 valence electrons. The van der Waals surface area contributed by atoms with Gasteiger partial charge in [-0.2, -0.15) is 0 Å². The molecule has 2 atom stereocenters. The molecule has 1 aliphatic rings. The first-order valence-electron chi connectivity index (χ1n) is 10.9. The van der Waals surface area contributed by atoms with Crippen LogP contribution in [0.5, 0.6) is 5.75 Å². The van der Waals surface area contributed by atoms with E-state index in [2.05, 4.69) is 5.32 Å². The number of benzene rings is 3. The molecule has 1 fully saturated rings. The van der Waals surface area contributed by atoms with E-state index >= 15 is 0 Å². The lowest BCUT2D eigenvalue weighted by molar-refractivity contribution is -0.118. The molecule has 3 aromatic carbocycles. The van der Waals surface area contributed by atoms with Crippen LogP contribution in [-0.4, -0.2) is 35.8 Å². The van der Waals surface area contributed by atoms with E-state index in [0.717, 1.165) is 17.3 Å². The fraction of sp³-hybridized carbons (Fsp3) is 0.192. The fourth-order valence-electron chi connectivity index (χ4n) is 3.47. The van der Waals surface area contributed by atoms with Crippen LogP contribution in [0, 0.1) is 5.82 Å². The Morgan fingerprint density at radius 2 is 1.83 bits per heavy atom. The van der Waals surface area contributed by atoms with Crippen molar-refractivity contribution in [2.24, 2.45) is 0 Å². The second-order valence-electron chi connectivity index (χ2n) is 7.78. The van der Waals surface area contributed by atoms with Crippen molar-refractivity contribution >= 4 is 40.5 Å². The van der Waals surface area contributed by atoms with Crippen LogP contribution >= 0.6 is 23.4 Å². The number of ether oxygens (including phenoxy) is 3. The molecule has 10 heteroatoms. The predicted molar refractivity (Wildman–Crippen MR) is 133 cm³/mol. The molecule has 1 saturated heterocycles. The zero-order chi connectivity index (χ0) is 25.5. The minimum atomic E-state index is -0.859. The number of thioether (sulfide) groups is 1. The number of amides is 2. The summed E-state index contributed by atoms with van der Waals surface area (Å²) < 4.78 is 31.1. The van der Waals surface area contributed by atoms with Gasteiger partial charge in [0.1, 0.15) is 24.3 Å². The Morgan fingerprint density at radius 3 is 2.53 bits per heavy atom. The van der Waals surface area contributed by atoms with Crippen LogP contribution in [0.4, 0.5) is 9.18 Å². The minimum absolute atomic E-state index is 0.0512. The molecule has 3 aromatic rings. The van der Waals surface area contributed by atoms with Gasteiger partial charge in [0.25, 0.3) is 5.24 Å². The number of imide groups is 1. The maximum absolute atomic E-state index is 14.4. The number of carbonyl (C=O) groups excluding carboxylic acids is 3. The molecular formula is C26H21ClFNO6S. The van der Waals surface area contributed by atoms with Crippen molar-refractivity contribution in [1.82, 2.24) is 5.32 Å². The smallest absolute Gasteiger partial charge is 0.340 e. The zero-order valence-corrected chi connectivity index (χ0v) is 20.4. The molecule has 0 aliphatic carbocycles. The molecule has 1 heterocycles. The molecule has 2 amide bonds. The Balaban J connectivity index is 1.36. The van der Waals surface area contributed by atoms with E-state index in [9.17, 15) is 18.8 Å². The summed E-state index contributed by atoms with van der Waals surface area (Å²) >= 11 is 6.87. The third-order valence-electron chi connectivity index (χ3n) is 5.28. The molecule has 0 saturated carbocycles.